The van der Waals surface area contributed by atoms with Gasteiger partial charge in [0.15, 0.2) is 17.0 Å². The number of nitrogens with two attached hydrogens (primary N) is 2. The summed E-state index contributed by atoms with van der Waals surface area (Å²) in [6.45, 7) is 5.07. The van der Waals surface area contributed by atoms with Crippen molar-refractivity contribution in [3.8, 4) is 0 Å². The number of ether oxygens (including phenoxy) is 1. The lowest BCUT2D eigenvalue weighted by Crippen LogP contribution is -2.49. The molecule has 1 unspecified atom stereocenters. The summed E-state index contributed by atoms with van der Waals surface area (Å²) in [4.78, 5) is 54.4. The van der Waals surface area contributed by atoms with Gasteiger partial charge in [-0.15, -0.1) is 0 Å². The summed E-state index contributed by atoms with van der Waals surface area (Å²) in [6, 6.07) is 5.18. The number of amides is 2. The summed E-state index contributed by atoms with van der Waals surface area (Å²) in [5, 5.41) is 14.2. The number of nitrogens with one attached hydrogen (secondary N) is 2. The fourth-order valence-electron chi connectivity index (χ4n) is 3.20. The summed E-state index contributed by atoms with van der Waals surface area (Å²) in [7, 11) is 1.83. The minimum Gasteiger partial charge on any atom is -0.480 e. The van der Waals surface area contributed by atoms with Crippen molar-refractivity contribution < 1.29 is 24.2 Å². The molecule has 14 heteroatoms. The molecule has 0 saturated carbocycles. The maximum atomic E-state index is 12.6. The van der Waals surface area contributed by atoms with Gasteiger partial charge in [0.05, 0.1) is 25.0 Å². The van der Waals surface area contributed by atoms with Gasteiger partial charge in [0.25, 0.3) is 5.91 Å². The first-order valence-corrected chi connectivity index (χ1v) is 11.2. The normalized spacial score (nSPS) is 12.0. The van der Waals surface area contributed by atoms with Crippen LogP contribution in [-0.4, -0.2) is 68.2 Å². The third-order valence-corrected chi connectivity index (χ3v) is 4.92. The molecule has 3 aromatic rings. The number of carbonyl (C=O) groups excluding carboxylic acids is 2. The lowest BCUT2D eigenvalue weighted by molar-refractivity contribution is -0.139. The summed E-state index contributed by atoms with van der Waals surface area (Å²) >= 11 is 0. The summed E-state index contributed by atoms with van der Waals surface area (Å²) in [5.41, 5.74) is 13.0. The van der Waals surface area contributed by atoms with Gasteiger partial charge in [-0.25, -0.2) is 19.6 Å². The summed E-state index contributed by atoms with van der Waals surface area (Å²) in [6.07, 6.45) is 0.778. The van der Waals surface area contributed by atoms with Crippen LogP contribution in [0, 0.1) is 0 Å². The minimum absolute atomic E-state index is 0.0160. The number of carboxylic acid groups (broad SMARTS) is 1. The Labute approximate surface area is 212 Å². The van der Waals surface area contributed by atoms with E-state index in [4.69, 9.17) is 16.2 Å². The predicted molar refractivity (Wildman–Crippen MR) is 136 cm³/mol. The van der Waals surface area contributed by atoms with Crippen molar-refractivity contribution in [1.82, 2.24) is 30.6 Å². The van der Waals surface area contributed by atoms with E-state index in [-0.39, 0.29) is 23.9 Å². The number of aromatic nitrogens is 4. The van der Waals surface area contributed by atoms with Crippen LogP contribution in [0.25, 0.3) is 11.2 Å². The smallest absolute Gasteiger partial charge is 0.407 e. The number of carboxylic acids is 1. The van der Waals surface area contributed by atoms with E-state index in [2.05, 4.69) is 30.6 Å². The molecule has 0 bridgehead atoms. The van der Waals surface area contributed by atoms with Crippen molar-refractivity contribution >= 4 is 46.6 Å². The third-order valence-electron chi connectivity index (χ3n) is 4.92. The van der Waals surface area contributed by atoms with Crippen LogP contribution in [0.3, 0.4) is 0 Å². The lowest BCUT2D eigenvalue weighted by atomic mass is 10.1. The molecule has 37 heavy (non-hydrogen) atoms. The molecular formula is C23H29N9O5. The van der Waals surface area contributed by atoms with E-state index in [1.807, 2.05) is 11.9 Å². The molecule has 0 spiro atoms. The van der Waals surface area contributed by atoms with E-state index >= 15 is 0 Å². The average Bonchev–Trinajstić information content (AvgIpc) is 2.80. The number of fused-ring (bicyclic) bond motifs is 1. The molecule has 0 radical (unpaired) electrons. The molecule has 0 aliphatic heterocycles. The van der Waals surface area contributed by atoms with Crippen LogP contribution in [0.4, 0.5) is 22.2 Å². The van der Waals surface area contributed by atoms with Gasteiger partial charge in [-0.05, 0) is 45.0 Å². The molecule has 0 aliphatic rings. The highest BCUT2D eigenvalue weighted by Crippen LogP contribution is 2.19. The summed E-state index contributed by atoms with van der Waals surface area (Å²) < 4.78 is 5.08. The van der Waals surface area contributed by atoms with Crippen LogP contribution in [0.5, 0.6) is 0 Å². The zero-order valence-electron chi connectivity index (χ0n) is 20.8. The van der Waals surface area contributed by atoms with Crippen LogP contribution in [0.2, 0.25) is 0 Å². The monoisotopic (exact) mass is 511 g/mol. The van der Waals surface area contributed by atoms with Gasteiger partial charge in [-0.1, -0.05) is 0 Å². The van der Waals surface area contributed by atoms with Crippen LogP contribution >= 0.6 is 0 Å². The first-order chi connectivity index (χ1) is 17.3. The molecule has 2 heterocycles. The number of rotatable bonds is 8. The maximum Gasteiger partial charge on any atom is 0.407 e. The Morgan fingerprint density at radius 2 is 1.78 bits per heavy atom. The fourth-order valence-corrected chi connectivity index (χ4v) is 3.20. The second-order valence-corrected chi connectivity index (χ2v) is 9.15. The molecule has 0 aliphatic carbocycles. The maximum absolute atomic E-state index is 12.6. The zero-order valence-corrected chi connectivity index (χ0v) is 20.8. The SMILES string of the molecule is CN(Cc1cnc2nc(N)nc(N)c2n1)c1ccc(C(=O)NC(CNC(=O)OC(C)(C)C)C(=O)O)cc1. The highest BCUT2D eigenvalue weighted by atomic mass is 16.6. The van der Waals surface area contributed by atoms with Crippen molar-refractivity contribution in [1.29, 1.82) is 0 Å². The van der Waals surface area contributed by atoms with Gasteiger partial charge in [0, 0.05) is 18.3 Å². The van der Waals surface area contributed by atoms with Crippen molar-refractivity contribution in [2.75, 3.05) is 30.0 Å². The Morgan fingerprint density at radius 1 is 1.11 bits per heavy atom. The van der Waals surface area contributed by atoms with Crippen LogP contribution in [0.15, 0.2) is 30.5 Å². The molecule has 2 amide bonds. The molecule has 0 saturated heterocycles. The van der Waals surface area contributed by atoms with Crippen LogP contribution < -0.4 is 27.0 Å². The molecule has 7 N–H and O–H groups in total. The molecule has 1 aromatic carbocycles. The van der Waals surface area contributed by atoms with Crippen molar-refractivity contribution in [2.24, 2.45) is 0 Å². The van der Waals surface area contributed by atoms with Crippen LogP contribution in [-0.2, 0) is 16.1 Å². The Hall–Kier alpha value is -4.75. The van der Waals surface area contributed by atoms with E-state index < -0.39 is 29.6 Å². The molecular weight excluding hydrogens is 482 g/mol. The number of nitrogens with zero attached hydrogens (tertiary/aromatic N) is 5. The minimum atomic E-state index is -1.35. The van der Waals surface area contributed by atoms with Crippen molar-refractivity contribution in [2.45, 2.75) is 39.0 Å². The van der Waals surface area contributed by atoms with Gasteiger partial charge >= 0.3 is 12.1 Å². The zero-order chi connectivity index (χ0) is 27.3. The number of nitrogen functional groups attached to an aromatic ring is 2. The Morgan fingerprint density at radius 3 is 2.41 bits per heavy atom. The highest BCUT2D eigenvalue weighted by molar-refractivity contribution is 5.97. The van der Waals surface area contributed by atoms with Gasteiger partial charge in [-0.3, -0.25) is 4.79 Å². The first-order valence-electron chi connectivity index (χ1n) is 11.2. The highest BCUT2D eigenvalue weighted by Gasteiger charge is 2.23. The molecule has 2 aromatic heterocycles. The Kier molecular flexibility index (Phi) is 7.90. The summed E-state index contributed by atoms with van der Waals surface area (Å²) in [5.74, 6) is -1.76. The average molecular weight is 512 g/mol. The van der Waals surface area contributed by atoms with Gasteiger partial charge in [0.2, 0.25) is 5.95 Å². The van der Waals surface area contributed by atoms with Crippen molar-refractivity contribution in [3.05, 3.63) is 41.7 Å². The predicted octanol–water partition coefficient (Wildman–Crippen LogP) is 0.928. The van der Waals surface area contributed by atoms with E-state index in [1.165, 1.54) is 0 Å². The molecule has 1 atom stereocenters. The van der Waals surface area contributed by atoms with E-state index in [9.17, 15) is 19.5 Å². The Balaban J connectivity index is 1.62. The molecule has 3 rings (SSSR count). The van der Waals surface area contributed by atoms with E-state index in [1.54, 1.807) is 51.2 Å². The molecule has 14 nitrogen and oxygen atoms in total. The number of benzene rings is 1. The van der Waals surface area contributed by atoms with Gasteiger partial charge in [0.1, 0.15) is 11.6 Å². The van der Waals surface area contributed by atoms with E-state index in [0.29, 0.717) is 23.4 Å². The van der Waals surface area contributed by atoms with E-state index in [0.717, 1.165) is 5.69 Å². The standard InChI is InChI=1S/C23H29N9O5/c1-23(2,3)37-22(36)27-10-15(20(34)35)29-19(33)12-5-7-14(8-6-12)32(4)11-13-9-26-18-16(28-13)17(24)30-21(25)31-18/h5-9,15H,10-11H2,1-4H3,(H,27,36)(H,29,33)(H,34,35)(H4,24,25,26,30,31). The Bertz CT molecular complexity index is 1310. The molecule has 196 valence electrons. The number of hydrogen-bond donors (Lipinski definition) is 5. The second kappa shape index (κ2) is 10.9. The third kappa shape index (κ3) is 7.37. The number of carbonyl (C=O) groups is 3. The number of alkyl carbamates (subject to hydrolysis) is 1. The fraction of sp³-hybridized carbons (Fsp3) is 0.348. The lowest BCUT2D eigenvalue weighted by Gasteiger charge is -2.21. The van der Waals surface area contributed by atoms with Gasteiger partial charge < -0.3 is 36.8 Å². The van der Waals surface area contributed by atoms with Gasteiger partial charge in [-0.2, -0.15) is 9.97 Å². The second-order valence-electron chi connectivity index (χ2n) is 9.15. The molecule has 0 fully saturated rings. The quantitative estimate of drug-likeness (QED) is 0.286. The number of aliphatic carboxylic acids is 1. The number of hydrogen-bond acceptors (Lipinski definition) is 11. The van der Waals surface area contributed by atoms with Crippen molar-refractivity contribution in [3.63, 3.8) is 0 Å². The number of anilines is 3. The first kappa shape index (κ1) is 26.8. The largest absolute Gasteiger partial charge is 0.480 e. The van der Waals surface area contributed by atoms with Crippen LogP contribution in [0.1, 0.15) is 36.8 Å². The topological polar surface area (TPSA) is 212 Å².